The van der Waals surface area contributed by atoms with Gasteiger partial charge < -0.3 is 5.32 Å². The minimum absolute atomic E-state index is 0.0764. The van der Waals surface area contributed by atoms with E-state index in [0.29, 0.717) is 4.47 Å². The molecule has 0 fully saturated rings. The van der Waals surface area contributed by atoms with Crippen molar-refractivity contribution in [3.63, 3.8) is 0 Å². The molecule has 0 radical (unpaired) electrons. The molecule has 0 bridgehead atoms. The summed E-state index contributed by atoms with van der Waals surface area (Å²) in [6, 6.07) is 4.36. The molecule has 0 atom stereocenters. The fourth-order valence-corrected chi connectivity index (χ4v) is 1.80. The Morgan fingerprint density at radius 3 is 2.53 bits per heavy atom. The molecule has 0 aliphatic heterocycles. The van der Waals surface area contributed by atoms with E-state index in [1.165, 1.54) is 12.1 Å². The van der Waals surface area contributed by atoms with Gasteiger partial charge in [0.15, 0.2) is 0 Å². The van der Waals surface area contributed by atoms with E-state index in [1.807, 2.05) is 20.8 Å². The topological polar surface area (TPSA) is 29.1 Å². The largest absolute Gasteiger partial charge is 0.347 e. The predicted molar refractivity (Wildman–Crippen MR) is 70.6 cm³/mol. The number of hydrogen-bond donors (Lipinski definition) is 1. The van der Waals surface area contributed by atoms with Crippen LogP contribution in [0.15, 0.2) is 22.7 Å². The van der Waals surface area contributed by atoms with Crippen molar-refractivity contribution in [2.24, 2.45) is 0 Å². The molecule has 0 saturated heterocycles. The van der Waals surface area contributed by atoms with Crippen LogP contribution < -0.4 is 5.32 Å². The number of carbonyl (C=O) groups is 1. The average Bonchev–Trinajstić information content (AvgIpc) is 2.32. The first-order valence-electron chi connectivity index (χ1n) is 5.69. The third-order valence-electron chi connectivity index (χ3n) is 3.15. The van der Waals surface area contributed by atoms with Crippen molar-refractivity contribution in [2.45, 2.75) is 39.2 Å². The van der Waals surface area contributed by atoms with Gasteiger partial charge in [-0.05, 0) is 38.0 Å². The number of carbonyl (C=O) groups excluding carboxylic acids is 1. The number of amides is 1. The molecule has 0 saturated carbocycles. The fraction of sp³-hybridized carbons (Fsp3) is 0.462. The van der Waals surface area contributed by atoms with Crippen LogP contribution in [-0.2, 0) is 0 Å². The molecule has 0 aliphatic carbocycles. The van der Waals surface area contributed by atoms with Crippen LogP contribution in [0.5, 0.6) is 0 Å². The number of hydrogen-bond acceptors (Lipinski definition) is 1. The minimum atomic E-state index is -0.500. The van der Waals surface area contributed by atoms with Crippen LogP contribution in [0.3, 0.4) is 0 Å². The summed E-state index contributed by atoms with van der Waals surface area (Å²) >= 11 is 3.23. The van der Waals surface area contributed by atoms with E-state index in [4.69, 9.17) is 0 Å². The van der Waals surface area contributed by atoms with Crippen LogP contribution in [-0.4, -0.2) is 11.4 Å². The Bertz CT molecular complexity index is 416. The molecule has 94 valence electrons. The molecule has 1 aromatic rings. The molecule has 0 aliphatic rings. The van der Waals surface area contributed by atoms with Gasteiger partial charge in [-0.15, -0.1) is 0 Å². The summed E-state index contributed by atoms with van der Waals surface area (Å²) in [6.45, 7) is 5.96. The summed E-state index contributed by atoms with van der Waals surface area (Å²) in [7, 11) is 0. The van der Waals surface area contributed by atoms with Crippen molar-refractivity contribution in [2.75, 3.05) is 0 Å². The molecule has 1 rings (SSSR count). The molecule has 2 nitrogen and oxygen atoms in total. The zero-order valence-corrected chi connectivity index (χ0v) is 11.9. The SMILES string of the molecule is CCC(C)(CC)NC(=O)c1cc(Br)ccc1F. The van der Waals surface area contributed by atoms with E-state index in [-0.39, 0.29) is 17.0 Å². The molecule has 1 aromatic carbocycles. The van der Waals surface area contributed by atoms with Gasteiger partial charge in [0.1, 0.15) is 5.82 Å². The molecule has 0 spiro atoms. The van der Waals surface area contributed by atoms with Crippen molar-refractivity contribution in [1.29, 1.82) is 0 Å². The third kappa shape index (κ3) is 3.53. The quantitative estimate of drug-likeness (QED) is 0.898. The number of benzene rings is 1. The second-order valence-electron chi connectivity index (χ2n) is 4.35. The molecule has 0 heterocycles. The second-order valence-corrected chi connectivity index (χ2v) is 5.26. The zero-order valence-electron chi connectivity index (χ0n) is 10.3. The Balaban J connectivity index is 2.94. The normalized spacial score (nSPS) is 11.4. The van der Waals surface area contributed by atoms with Gasteiger partial charge in [0.25, 0.3) is 5.91 Å². The van der Waals surface area contributed by atoms with Gasteiger partial charge in [0.2, 0.25) is 0 Å². The van der Waals surface area contributed by atoms with E-state index in [1.54, 1.807) is 6.07 Å². The lowest BCUT2D eigenvalue weighted by Gasteiger charge is -2.28. The molecule has 4 heteroatoms. The van der Waals surface area contributed by atoms with E-state index >= 15 is 0 Å². The lowest BCUT2D eigenvalue weighted by molar-refractivity contribution is 0.0897. The van der Waals surface area contributed by atoms with Crippen molar-refractivity contribution in [3.8, 4) is 0 Å². The maximum atomic E-state index is 13.5. The van der Waals surface area contributed by atoms with Crippen LogP contribution in [0.1, 0.15) is 44.0 Å². The van der Waals surface area contributed by atoms with E-state index in [9.17, 15) is 9.18 Å². The Morgan fingerprint density at radius 2 is 2.00 bits per heavy atom. The number of halogens is 2. The van der Waals surface area contributed by atoms with Crippen molar-refractivity contribution in [1.82, 2.24) is 5.32 Å². The molecular formula is C13H17BrFNO. The van der Waals surface area contributed by atoms with Gasteiger partial charge in [0, 0.05) is 10.0 Å². The molecule has 17 heavy (non-hydrogen) atoms. The van der Waals surface area contributed by atoms with Crippen molar-refractivity contribution < 1.29 is 9.18 Å². The maximum absolute atomic E-state index is 13.5. The number of nitrogens with one attached hydrogen (secondary N) is 1. The molecular weight excluding hydrogens is 285 g/mol. The van der Waals surface area contributed by atoms with Gasteiger partial charge in [-0.3, -0.25) is 4.79 Å². The fourth-order valence-electron chi connectivity index (χ4n) is 1.44. The Kier molecular flexibility index (Phi) is 4.69. The summed E-state index contributed by atoms with van der Waals surface area (Å²) in [5.74, 6) is -0.866. The smallest absolute Gasteiger partial charge is 0.254 e. The summed E-state index contributed by atoms with van der Waals surface area (Å²) in [5.41, 5.74) is -0.209. The summed E-state index contributed by atoms with van der Waals surface area (Å²) in [6.07, 6.45) is 1.62. The minimum Gasteiger partial charge on any atom is -0.347 e. The van der Waals surface area contributed by atoms with E-state index in [2.05, 4.69) is 21.2 Å². The van der Waals surface area contributed by atoms with Gasteiger partial charge in [-0.2, -0.15) is 0 Å². The highest BCUT2D eigenvalue weighted by Crippen LogP contribution is 2.18. The number of rotatable bonds is 4. The maximum Gasteiger partial charge on any atom is 0.254 e. The highest BCUT2D eigenvalue weighted by atomic mass is 79.9. The summed E-state index contributed by atoms with van der Waals surface area (Å²) in [5, 5.41) is 2.88. The van der Waals surface area contributed by atoms with Gasteiger partial charge in [-0.25, -0.2) is 4.39 Å². The lowest BCUT2D eigenvalue weighted by atomic mass is 9.95. The third-order valence-corrected chi connectivity index (χ3v) is 3.64. The highest BCUT2D eigenvalue weighted by Gasteiger charge is 2.24. The Morgan fingerprint density at radius 1 is 1.41 bits per heavy atom. The van der Waals surface area contributed by atoms with Gasteiger partial charge in [0.05, 0.1) is 5.56 Å². The first kappa shape index (κ1) is 14.2. The lowest BCUT2D eigenvalue weighted by Crippen LogP contribution is -2.45. The molecule has 0 unspecified atom stereocenters. The first-order chi connectivity index (χ1) is 7.91. The predicted octanol–water partition coefficient (Wildman–Crippen LogP) is 3.90. The summed E-state index contributed by atoms with van der Waals surface area (Å²) < 4.78 is 14.2. The van der Waals surface area contributed by atoms with Gasteiger partial charge in [-0.1, -0.05) is 29.8 Å². The zero-order chi connectivity index (χ0) is 13.1. The second kappa shape index (κ2) is 5.63. The summed E-state index contributed by atoms with van der Waals surface area (Å²) in [4.78, 5) is 12.0. The molecule has 1 amide bonds. The van der Waals surface area contributed by atoms with Crippen LogP contribution in [0, 0.1) is 5.82 Å². The van der Waals surface area contributed by atoms with Crippen molar-refractivity contribution in [3.05, 3.63) is 34.1 Å². The monoisotopic (exact) mass is 301 g/mol. The molecule has 0 aromatic heterocycles. The van der Waals surface area contributed by atoms with Crippen molar-refractivity contribution >= 4 is 21.8 Å². The van der Waals surface area contributed by atoms with Crippen LogP contribution in [0.2, 0.25) is 0 Å². The van der Waals surface area contributed by atoms with E-state index in [0.717, 1.165) is 12.8 Å². The van der Waals surface area contributed by atoms with Crippen LogP contribution >= 0.6 is 15.9 Å². The molecule has 1 N–H and O–H groups in total. The van der Waals surface area contributed by atoms with Gasteiger partial charge >= 0.3 is 0 Å². The first-order valence-corrected chi connectivity index (χ1v) is 6.48. The van der Waals surface area contributed by atoms with E-state index < -0.39 is 5.82 Å². The Hall–Kier alpha value is -0.900. The Labute approximate surface area is 110 Å². The highest BCUT2D eigenvalue weighted by molar-refractivity contribution is 9.10. The average molecular weight is 302 g/mol. The van der Waals surface area contributed by atoms with Crippen LogP contribution in [0.25, 0.3) is 0 Å². The standard InChI is InChI=1S/C13H17BrFNO/c1-4-13(3,5-2)16-12(17)10-8-9(14)6-7-11(10)15/h6-8H,4-5H2,1-3H3,(H,16,17). The van der Waals surface area contributed by atoms with Crippen LogP contribution in [0.4, 0.5) is 4.39 Å².